The maximum absolute atomic E-state index is 5.97. The van der Waals surface area contributed by atoms with E-state index < -0.39 is 0 Å². The fourth-order valence-corrected chi connectivity index (χ4v) is 2.19. The van der Waals surface area contributed by atoms with Crippen LogP contribution in [0.4, 0.5) is 0 Å². The number of methoxy groups -OCH3 is 1. The Kier molecular flexibility index (Phi) is 7.63. The Labute approximate surface area is 143 Å². The Balaban J connectivity index is 1.92. The van der Waals surface area contributed by atoms with Gasteiger partial charge in [-0.3, -0.25) is 4.99 Å². The van der Waals surface area contributed by atoms with E-state index in [1.807, 2.05) is 54.6 Å². The highest BCUT2D eigenvalue weighted by molar-refractivity contribution is 5.79. The first-order valence-corrected chi connectivity index (χ1v) is 8.07. The third-order valence-electron chi connectivity index (χ3n) is 3.43. The summed E-state index contributed by atoms with van der Waals surface area (Å²) in [6.45, 7) is 2.18. The van der Waals surface area contributed by atoms with Crippen LogP contribution in [-0.2, 0) is 11.3 Å². The van der Waals surface area contributed by atoms with Crippen molar-refractivity contribution in [3.8, 4) is 11.5 Å². The molecule has 0 amide bonds. The Bertz CT molecular complexity index is 630. The van der Waals surface area contributed by atoms with Crippen LogP contribution in [0.25, 0.3) is 0 Å². The van der Waals surface area contributed by atoms with Gasteiger partial charge in [0.05, 0.1) is 0 Å². The van der Waals surface area contributed by atoms with Gasteiger partial charge in [0.15, 0.2) is 5.96 Å². The van der Waals surface area contributed by atoms with E-state index in [9.17, 15) is 0 Å². The van der Waals surface area contributed by atoms with E-state index in [1.54, 1.807) is 14.2 Å². The van der Waals surface area contributed by atoms with Gasteiger partial charge in [0, 0.05) is 39.4 Å². The van der Waals surface area contributed by atoms with Gasteiger partial charge in [-0.15, -0.1) is 0 Å². The highest BCUT2D eigenvalue weighted by Crippen LogP contribution is 2.24. The van der Waals surface area contributed by atoms with Crippen molar-refractivity contribution in [1.82, 2.24) is 10.6 Å². The van der Waals surface area contributed by atoms with Crippen LogP contribution in [0.1, 0.15) is 12.0 Å². The Morgan fingerprint density at radius 3 is 2.50 bits per heavy atom. The molecular weight excluding hydrogens is 302 g/mol. The molecule has 0 saturated carbocycles. The van der Waals surface area contributed by atoms with Gasteiger partial charge in [-0.2, -0.15) is 0 Å². The number of guanidine groups is 1. The number of para-hydroxylation sites is 2. The minimum atomic E-state index is 0.632. The highest BCUT2D eigenvalue weighted by atomic mass is 16.5. The van der Waals surface area contributed by atoms with Crippen LogP contribution in [-0.4, -0.2) is 33.3 Å². The van der Waals surface area contributed by atoms with E-state index in [0.29, 0.717) is 6.54 Å². The summed E-state index contributed by atoms with van der Waals surface area (Å²) in [5, 5.41) is 6.57. The summed E-state index contributed by atoms with van der Waals surface area (Å²) in [4.78, 5) is 4.23. The number of nitrogens with zero attached hydrogens (tertiary/aromatic N) is 1. The number of nitrogens with one attached hydrogen (secondary N) is 2. The average molecular weight is 327 g/mol. The second-order valence-corrected chi connectivity index (χ2v) is 5.22. The summed E-state index contributed by atoms with van der Waals surface area (Å²) in [6, 6.07) is 17.8. The molecule has 128 valence electrons. The van der Waals surface area contributed by atoms with Gasteiger partial charge in [-0.05, 0) is 24.6 Å². The highest BCUT2D eigenvalue weighted by Gasteiger charge is 2.05. The van der Waals surface area contributed by atoms with Crippen LogP contribution in [0.2, 0.25) is 0 Å². The largest absolute Gasteiger partial charge is 0.457 e. The summed E-state index contributed by atoms with van der Waals surface area (Å²) >= 11 is 0. The van der Waals surface area contributed by atoms with Crippen LogP contribution < -0.4 is 15.4 Å². The van der Waals surface area contributed by atoms with Crippen molar-refractivity contribution >= 4 is 5.96 Å². The molecule has 0 radical (unpaired) electrons. The van der Waals surface area contributed by atoms with Crippen molar-refractivity contribution in [2.24, 2.45) is 4.99 Å². The average Bonchev–Trinajstić information content (AvgIpc) is 2.63. The van der Waals surface area contributed by atoms with E-state index in [4.69, 9.17) is 9.47 Å². The predicted octanol–water partition coefficient (Wildman–Crippen LogP) is 3.18. The fraction of sp³-hybridized carbons (Fsp3) is 0.316. The third-order valence-corrected chi connectivity index (χ3v) is 3.43. The number of rotatable bonds is 8. The first-order chi connectivity index (χ1) is 11.8. The number of hydrogen-bond acceptors (Lipinski definition) is 3. The number of aliphatic imine (C=N–C) groups is 1. The molecule has 0 saturated heterocycles. The molecule has 0 unspecified atom stereocenters. The summed E-state index contributed by atoms with van der Waals surface area (Å²) in [6.07, 6.45) is 0.935. The number of benzene rings is 2. The van der Waals surface area contributed by atoms with Gasteiger partial charge >= 0.3 is 0 Å². The van der Waals surface area contributed by atoms with Gasteiger partial charge < -0.3 is 20.1 Å². The van der Waals surface area contributed by atoms with Crippen LogP contribution in [0, 0.1) is 0 Å². The minimum Gasteiger partial charge on any atom is -0.457 e. The Morgan fingerprint density at radius 2 is 1.75 bits per heavy atom. The lowest BCUT2D eigenvalue weighted by atomic mass is 10.2. The van der Waals surface area contributed by atoms with Gasteiger partial charge in [-0.1, -0.05) is 36.4 Å². The summed E-state index contributed by atoms with van der Waals surface area (Å²) in [5.41, 5.74) is 1.07. The summed E-state index contributed by atoms with van der Waals surface area (Å²) in [5.74, 6) is 2.43. The van der Waals surface area contributed by atoms with E-state index >= 15 is 0 Å². The van der Waals surface area contributed by atoms with E-state index in [1.165, 1.54) is 0 Å². The van der Waals surface area contributed by atoms with E-state index in [2.05, 4.69) is 15.6 Å². The zero-order chi connectivity index (χ0) is 17.0. The van der Waals surface area contributed by atoms with Crippen LogP contribution >= 0.6 is 0 Å². The van der Waals surface area contributed by atoms with Crippen LogP contribution in [0.15, 0.2) is 59.6 Å². The van der Waals surface area contributed by atoms with E-state index in [-0.39, 0.29) is 0 Å². The lowest BCUT2D eigenvalue weighted by molar-refractivity contribution is 0.195. The molecule has 24 heavy (non-hydrogen) atoms. The molecule has 0 bridgehead atoms. The fourth-order valence-electron chi connectivity index (χ4n) is 2.19. The normalized spacial score (nSPS) is 11.2. The lowest BCUT2D eigenvalue weighted by Gasteiger charge is -2.14. The molecule has 0 spiro atoms. The topological polar surface area (TPSA) is 54.9 Å². The Hall–Kier alpha value is -2.53. The molecule has 2 aromatic rings. The lowest BCUT2D eigenvalue weighted by Crippen LogP contribution is -2.37. The molecule has 5 nitrogen and oxygen atoms in total. The molecule has 0 atom stereocenters. The quantitative estimate of drug-likeness (QED) is 0.444. The van der Waals surface area contributed by atoms with Gasteiger partial charge in [0.25, 0.3) is 0 Å². The molecule has 2 rings (SSSR count). The van der Waals surface area contributed by atoms with Crippen LogP contribution in [0.5, 0.6) is 11.5 Å². The minimum absolute atomic E-state index is 0.632. The second-order valence-electron chi connectivity index (χ2n) is 5.22. The third kappa shape index (κ3) is 5.93. The maximum Gasteiger partial charge on any atom is 0.191 e. The van der Waals surface area contributed by atoms with Crippen molar-refractivity contribution in [2.75, 3.05) is 27.3 Å². The van der Waals surface area contributed by atoms with Crippen molar-refractivity contribution in [1.29, 1.82) is 0 Å². The molecule has 2 N–H and O–H groups in total. The smallest absolute Gasteiger partial charge is 0.191 e. The zero-order valence-electron chi connectivity index (χ0n) is 14.3. The summed E-state index contributed by atoms with van der Waals surface area (Å²) < 4.78 is 11.0. The molecule has 0 aliphatic carbocycles. The monoisotopic (exact) mass is 327 g/mol. The van der Waals surface area contributed by atoms with Gasteiger partial charge in [-0.25, -0.2) is 0 Å². The number of hydrogen-bond donors (Lipinski definition) is 2. The maximum atomic E-state index is 5.97. The van der Waals surface area contributed by atoms with Crippen LogP contribution in [0.3, 0.4) is 0 Å². The van der Waals surface area contributed by atoms with Crippen molar-refractivity contribution in [3.63, 3.8) is 0 Å². The van der Waals surface area contributed by atoms with Gasteiger partial charge in [0.1, 0.15) is 11.5 Å². The molecule has 2 aromatic carbocycles. The number of ether oxygens (including phenoxy) is 2. The van der Waals surface area contributed by atoms with Gasteiger partial charge in [0.2, 0.25) is 0 Å². The standard InChI is InChI=1S/C19H25N3O2/c1-20-19(21-13-8-14-23-2)22-15-16-9-6-7-12-18(16)24-17-10-4-3-5-11-17/h3-7,9-12H,8,13-15H2,1-2H3,(H2,20,21,22). The predicted molar refractivity (Wildman–Crippen MR) is 97.7 cm³/mol. The second kappa shape index (κ2) is 10.3. The van der Waals surface area contributed by atoms with E-state index in [0.717, 1.165) is 42.6 Å². The van der Waals surface area contributed by atoms with Crippen molar-refractivity contribution in [2.45, 2.75) is 13.0 Å². The Morgan fingerprint density at radius 1 is 1.00 bits per heavy atom. The molecule has 0 fully saturated rings. The molecule has 5 heteroatoms. The molecule has 0 aliphatic heterocycles. The first-order valence-electron chi connectivity index (χ1n) is 8.07. The van der Waals surface area contributed by atoms with Crippen molar-refractivity contribution in [3.05, 3.63) is 60.2 Å². The molecular formula is C19H25N3O2. The first kappa shape index (κ1) is 17.8. The van der Waals surface area contributed by atoms with Crippen molar-refractivity contribution < 1.29 is 9.47 Å². The molecule has 0 aromatic heterocycles. The molecule has 0 heterocycles. The SMILES string of the molecule is CN=C(NCCCOC)NCc1ccccc1Oc1ccccc1. The zero-order valence-corrected chi connectivity index (χ0v) is 14.3. The molecule has 0 aliphatic rings. The summed E-state index contributed by atoms with van der Waals surface area (Å²) in [7, 11) is 3.47.